The molecule has 170 valence electrons. The summed E-state index contributed by atoms with van der Waals surface area (Å²) in [6.07, 6.45) is -3.37. The van der Waals surface area contributed by atoms with Gasteiger partial charge in [-0.2, -0.15) is 13.2 Å². The van der Waals surface area contributed by atoms with Gasteiger partial charge < -0.3 is 15.5 Å². The van der Waals surface area contributed by atoms with Gasteiger partial charge in [-0.1, -0.05) is 26.0 Å². The number of rotatable bonds is 4. The number of phenols is 1. The summed E-state index contributed by atoms with van der Waals surface area (Å²) >= 11 is 0. The minimum Gasteiger partial charge on any atom is -0.505 e. The predicted molar refractivity (Wildman–Crippen MR) is 112 cm³/mol. The zero-order valence-corrected chi connectivity index (χ0v) is 17.5. The third-order valence-corrected chi connectivity index (χ3v) is 6.23. The van der Waals surface area contributed by atoms with E-state index >= 15 is 0 Å². The number of aromatic hydroxyl groups is 1. The maximum Gasteiger partial charge on any atom is 0.419 e. The number of hydrogen-bond acceptors (Lipinski definition) is 5. The van der Waals surface area contributed by atoms with Crippen molar-refractivity contribution >= 4 is 16.6 Å². The fourth-order valence-corrected chi connectivity index (χ4v) is 4.50. The van der Waals surface area contributed by atoms with Crippen LogP contribution in [0.3, 0.4) is 0 Å². The number of benzene rings is 2. The smallest absolute Gasteiger partial charge is 0.419 e. The van der Waals surface area contributed by atoms with E-state index in [1.54, 1.807) is 25.1 Å². The second kappa shape index (κ2) is 7.88. The van der Waals surface area contributed by atoms with Crippen molar-refractivity contribution in [3.8, 4) is 5.75 Å². The van der Waals surface area contributed by atoms with E-state index < -0.39 is 41.7 Å². The summed E-state index contributed by atoms with van der Waals surface area (Å²) in [7, 11) is 0. The molecule has 32 heavy (non-hydrogen) atoms. The van der Waals surface area contributed by atoms with Gasteiger partial charge in [0, 0.05) is 29.3 Å². The van der Waals surface area contributed by atoms with Crippen molar-refractivity contribution < 1.29 is 27.8 Å². The lowest BCUT2D eigenvalue weighted by atomic mass is 9.69. The van der Waals surface area contributed by atoms with Gasteiger partial charge in [0.15, 0.2) is 17.2 Å². The van der Waals surface area contributed by atoms with E-state index in [1.807, 2.05) is 6.92 Å². The van der Waals surface area contributed by atoms with Crippen LogP contribution >= 0.6 is 0 Å². The Morgan fingerprint density at radius 2 is 1.94 bits per heavy atom. The largest absolute Gasteiger partial charge is 0.505 e. The SMILES string of the molecule is CCc1ncc2c(N[C@H]3c4ccc(F)c(O)c4[C@@H](CC)C[C@]3(O)C(F)(F)F)cccc2n1. The Hall–Kier alpha value is -2.94. The minimum absolute atomic E-state index is 0.00456. The molecule has 0 amide bonds. The second-order valence-corrected chi connectivity index (χ2v) is 8.09. The van der Waals surface area contributed by atoms with E-state index in [9.17, 15) is 27.8 Å². The van der Waals surface area contributed by atoms with Crippen molar-refractivity contribution in [2.45, 2.75) is 56.8 Å². The van der Waals surface area contributed by atoms with E-state index in [4.69, 9.17) is 0 Å². The summed E-state index contributed by atoms with van der Waals surface area (Å²) in [6.45, 7) is 3.53. The highest BCUT2D eigenvalue weighted by atomic mass is 19.4. The Morgan fingerprint density at radius 1 is 1.19 bits per heavy atom. The molecule has 0 saturated heterocycles. The Labute approximate surface area is 182 Å². The van der Waals surface area contributed by atoms with E-state index in [2.05, 4.69) is 15.3 Å². The number of aryl methyl sites for hydroxylation is 1. The first-order valence-electron chi connectivity index (χ1n) is 10.4. The van der Waals surface area contributed by atoms with Crippen LogP contribution < -0.4 is 5.32 Å². The van der Waals surface area contributed by atoms with Crippen molar-refractivity contribution in [3.63, 3.8) is 0 Å². The molecule has 0 fully saturated rings. The number of phenolic OH excluding ortho intramolecular Hbond substituents is 1. The van der Waals surface area contributed by atoms with Crippen LogP contribution in [0.5, 0.6) is 5.75 Å². The molecule has 1 aromatic heterocycles. The van der Waals surface area contributed by atoms with Crippen LogP contribution in [0.15, 0.2) is 36.5 Å². The molecule has 0 spiro atoms. The number of alkyl halides is 3. The van der Waals surface area contributed by atoms with E-state index in [-0.39, 0.29) is 17.5 Å². The molecule has 1 heterocycles. The van der Waals surface area contributed by atoms with E-state index in [0.717, 1.165) is 6.07 Å². The van der Waals surface area contributed by atoms with Crippen LogP contribution in [0.2, 0.25) is 0 Å². The molecule has 1 aliphatic carbocycles. The van der Waals surface area contributed by atoms with Crippen molar-refractivity contribution in [1.82, 2.24) is 9.97 Å². The van der Waals surface area contributed by atoms with Crippen LogP contribution in [0.25, 0.3) is 10.9 Å². The van der Waals surface area contributed by atoms with Gasteiger partial charge in [-0.05, 0) is 42.5 Å². The Balaban J connectivity index is 1.91. The number of anilines is 1. The number of fused-ring (bicyclic) bond motifs is 2. The maximum absolute atomic E-state index is 14.2. The van der Waals surface area contributed by atoms with Gasteiger partial charge in [-0.15, -0.1) is 0 Å². The van der Waals surface area contributed by atoms with Crippen LogP contribution in [0.4, 0.5) is 23.2 Å². The average molecular weight is 449 g/mol. The molecule has 3 N–H and O–H groups in total. The van der Waals surface area contributed by atoms with Crippen molar-refractivity contribution in [1.29, 1.82) is 0 Å². The Morgan fingerprint density at radius 3 is 2.59 bits per heavy atom. The molecule has 0 radical (unpaired) electrons. The number of hydrogen-bond donors (Lipinski definition) is 3. The van der Waals surface area contributed by atoms with Gasteiger partial charge in [-0.25, -0.2) is 14.4 Å². The van der Waals surface area contributed by atoms with Gasteiger partial charge in [0.1, 0.15) is 5.82 Å². The summed E-state index contributed by atoms with van der Waals surface area (Å²) in [4.78, 5) is 8.64. The zero-order chi connectivity index (χ0) is 23.3. The van der Waals surface area contributed by atoms with Gasteiger partial charge >= 0.3 is 6.18 Å². The zero-order valence-electron chi connectivity index (χ0n) is 17.5. The van der Waals surface area contributed by atoms with Crippen LogP contribution in [-0.2, 0) is 6.42 Å². The standard InChI is InChI=1S/C23H23F4N3O2/c1-3-12-10-22(32,23(25,26)27)21(13-8-9-15(24)20(31)19(12)13)30-17-7-5-6-16-14(17)11-28-18(4-2)29-16/h5-9,11-12,21,30-32H,3-4,10H2,1-2H3/t12-,21-,22+/m0/s1. The van der Waals surface area contributed by atoms with Gasteiger partial charge in [0.2, 0.25) is 0 Å². The summed E-state index contributed by atoms with van der Waals surface area (Å²) in [6, 6.07) is 5.37. The molecule has 1 aliphatic rings. The second-order valence-electron chi connectivity index (χ2n) is 8.09. The summed E-state index contributed by atoms with van der Waals surface area (Å²) < 4.78 is 56.8. The Kier molecular flexibility index (Phi) is 5.48. The van der Waals surface area contributed by atoms with E-state index in [0.29, 0.717) is 28.8 Å². The summed E-state index contributed by atoms with van der Waals surface area (Å²) in [5.74, 6) is -1.87. The molecule has 0 aliphatic heterocycles. The van der Waals surface area contributed by atoms with Crippen molar-refractivity contribution in [2.24, 2.45) is 0 Å². The molecule has 2 aromatic carbocycles. The molecule has 9 heteroatoms. The first-order chi connectivity index (χ1) is 15.1. The van der Waals surface area contributed by atoms with Gasteiger partial charge in [0.25, 0.3) is 0 Å². The molecule has 3 aromatic rings. The topological polar surface area (TPSA) is 78.3 Å². The number of nitrogens with zero attached hydrogens (tertiary/aromatic N) is 2. The first-order valence-corrected chi connectivity index (χ1v) is 10.4. The van der Waals surface area contributed by atoms with E-state index in [1.165, 1.54) is 12.3 Å². The van der Waals surface area contributed by atoms with Gasteiger partial charge in [0.05, 0.1) is 11.6 Å². The quantitative estimate of drug-likeness (QED) is 0.466. The van der Waals surface area contributed by atoms with Crippen LogP contribution in [0.1, 0.15) is 55.6 Å². The third-order valence-electron chi connectivity index (χ3n) is 6.23. The lowest BCUT2D eigenvalue weighted by molar-refractivity contribution is -0.272. The Bertz CT molecular complexity index is 1170. The molecule has 5 nitrogen and oxygen atoms in total. The molecule has 0 saturated carbocycles. The van der Waals surface area contributed by atoms with Gasteiger partial charge in [-0.3, -0.25) is 0 Å². The number of aromatic nitrogens is 2. The number of halogens is 4. The van der Waals surface area contributed by atoms with Crippen LogP contribution in [-0.4, -0.2) is 32.0 Å². The number of aliphatic hydroxyl groups is 1. The summed E-state index contributed by atoms with van der Waals surface area (Å²) in [5.41, 5.74) is -2.21. The third kappa shape index (κ3) is 3.44. The molecular formula is C23H23F4N3O2. The highest BCUT2D eigenvalue weighted by molar-refractivity contribution is 5.91. The highest BCUT2D eigenvalue weighted by Crippen LogP contribution is 2.55. The minimum atomic E-state index is -4.98. The fraction of sp³-hybridized carbons (Fsp3) is 0.391. The average Bonchev–Trinajstić information content (AvgIpc) is 2.76. The first kappa shape index (κ1) is 22.3. The molecule has 0 unspecified atom stereocenters. The monoisotopic (exact) mass is 449 g/mol. The lowest BCUT2D eigenvalue weighted by Crippen LogP contribution is -2.55. The maximum atomic E-state index is 14.2. The molecule has 3 atom stereocenters. The van der Waals surface area contributed by atoms with Crippen molar-refractivity contribution in [3.05, 3.63) is 59.3 Å². The highest BCUT2D eigenvalue weighted by Gasteiger charge is 2.62. The normalized spacial score (nSPS) is 23.2. The van der Waals surface area contributed by atoms with Crippen molar-refractivity contribution in [2.75, 3.05) is 5.32 Å². The summed E-state index contributed by atoms with van der Waals surface area (Å²) in [5, 5.41) is 24.7. The molecule has 0 bridgehead atoms. The fourth-order valence-electron chi connectivity index (χ4n) is 4.50. The predicted octanol–water partition coefficient (Wildman–Crippen LogP) is 5.38. The molecular weight excluding hydrogens is 426 g/mol. The lowest BCUT2D eigenvalue weighted by Gasteiger charge is -2.45. The molecule has 4 rings (SSSR count). The number of nitrogens with one attached hydrogen (secondary N) is 1. The van der Waals surface area contributed by atoms with Crippen LogP contribution in [0, 0.1) is 5.82 Å².